The van der Waals surface area contributed by atoms with Crippen molar-refractivity contribution in [1.82, 2.24) is 25.0 Å². The van der Waals surface area contributed by atoms with Gasteiger partial charge in [-0.2, -0.15) is 0 Å². The van der Waals surface area contributed by atoms with E-state index in [-0.39, 0.29) is 5.41 Å². The van der Waals surface area contributed by atoms with Crippen molar-refractivity contribution in [2.45, 2.75) is 44.0 Å². The number of benzene rings is 2. The summed E-state index contributed by atoms with van der Waals surface area (Å²) >= 11 is 7.89. The minimum absolute atomic E-state index is 0.0684. The second-order valence-electron chi connectivity index (χ2n) is 8.29. The first kappa shape index (κ1) is 22.4. The highest BCUT2D eigenvalue weighted by Crippen LogP contribution is 2.34. The van der Waals surface area contributed by atoms with Gasteiger partial charge in [-0.15, -0.1) is 20.4 Å². The Bertz CT molecular complexity index is 1230. The number of nitrogens with zero attached hydrogens (tertiary/aromatic N) is 5. The van der Waals surface area contributed by atoms with E-state index < -0.39 is 0 Å². The van der Waals surface area contributed by atoms with Crippen molar-refractivity contribution in [3.63, 3.8) is 0 Å². The van der Waals surface area contributed by atoms with Crippen molar-refractivity contribution >= 4 is 23.4 Å². The third kappa shape index (κ3) is 4.66. The van der Waals surface area contributed by atoms with Crippen molar-refractivity contribution in [1.29, 1.82) is 0 Å². The lowest BCUT2D eigenvalue weighted by atomic mass is 9.87. The van der Waals surface area contributed by atoms with Gasteiger partial charge in [0.05, 0.1) is 23.6 Å². The van der Waals surface area contributed by atoms with Crippen LogP contribution in [0.3, 0.4) is 0 Å². The van der Waals surface area contributed by atoms with Crippen molar-refractivity contribution in [2.75, 3.05) is 7.11 Å². The van der Waals surface area contributed by atoms with E-state index in [4.69, 9.17) is 20.8 Å². The largest absolute Gasteiger partial charge is 0.495 e. The topological polar surface area (TPSA) is 78.9 Å². The zero-order chi connectivity index (χ0) is 22.9. The maximum atomic E-state index is 6.42. The van der Waals surface area contributed by atoms with Gasteiger partial charge in [0, 0.05) is 12.5 Å². The maximum absolute atomic E-state index is 6.42. The molecule has 9 heteroatoms. The monoisotopic (exact) mass is 469 g/mol. The SMILES string of the molecule is COc1ccc(-n2c(SCc3nnc(C)o3)nnc2-c2ccc(C(C)(C)C)cc2)cc1Cl. The average molecular weight is 470 g/mol. The first-order valence-electron chi connectivity index (χ1n) is 10.1. The molecule has 166 valence electrons. The van der Waals surface area contributed by atoms with E-state index in [1.807, 2.05) is 22.8 Å². The third-order valence-electron chi connectivity index (χ3n) is 4.93. The van der Waals surface area contributed by atoms with E-state index in [1.165, 1.54) is 17.3 Å². The fourth-order valence-corrected chi connectivity index (χ4v) is 4.26. The van der Waals surface area contributed by atoms with Gasteiger partial charge in [0.25, 0.3) is 0 Å². The summed E-state index contributed by atoms with van der Waals surface area (Å²) in [4.78, 5) is 0. The standard InChI is InChI=1S/C23H24ClN5O2S/c1-14-25-26-20(31-14)13-32-22-28-27-21(15-6-8-16(9-7-15)23(2,3)4)29(22)17-10-11-19(30-5)18(24)12-17/h6-12H,13H2,1-5H3. The van der Waals surface area contributed by atoms with Crippen LogP contribution in [0.5, 0.6) is 5.75 Å². The highest BCUT2D eigenvalue weighted by atomic mass is 35.5. The van der Waals surface area contributed by atoms with Gasteiger partial charge in [-0.05, 0) is 29.2 Å². The summed E-state index contributed by atoms with van der Waals surface area (Å²) in [6, 6.07) is 14.0. The second kappa shape index (κ2) is 8.96. The molecule has 2 aromatic heterocycles. The predicted molar refractivity (Wildman–Crippen MR) is 126 cm³/mol. The lowest BCUT2D eigenvalue weighted by Gasteiger charge is -2.19. The minimum atomic E-state index is 0.0684. The normalized spacial score (nSPS) is 11.7. The second-order valence-corrected chi connectivity index (χ2v) is 9.64. The van der Waals surface area contributed by atoms with E-state index >= 15 is 0 Å². The molecule has 0 atom stereocenters. The minimum Gasteiger partial charge on any atom is -0.495 e. The Balaban J connectivity index is 1.76. The number of ether oxygens (including phenoxy) is 1. The Morgan fingerprint density at radius 2 is 1.78 bits per heavy atom. The molecule has 2 aromatic carbocycles. The van der Waals surface area contributed by atoms with Crippen LogP contribution in [0.1, 0.15) is 38.1 Å². The molecule has 0 aliphatic carbocycles. The molecule has 0 aliphatic heterocycles. The molecular weight excluding hydrogens is 446 g/mol. The van der Waals surface area contributed by atoms with Crippen molar-refractivity contribution in [3.8, 4) is 22.8 Å². The molecule has 4 aromatic rings. The molecule has 0 saturated carbocycles. The van der Waals surface area contributed by atoms with Crippen LogP contribution in [0, 0.1) is 6.92 Å². The molecule has 7 nitrogen and oxygen atoms in total. The van der Waals surface area contributed by atoms with Crippen LogP contribution >= 0.6 is 23.4 Å². The summed E-state index contributed by atoms with van der Waals surface area (Å²) in [6.07, 6.45) is 0. The van der Waals surface area contributed by atoms with E-state index in [0.717, 1.165) is 17.1 Å². The number of rotatable bonds is 6. The Kier molecular flexibility index (Phi) is 6.26. The summed E-state index contributed by atoms with van der Waals surface area (Å²) < 4.78 is 12.8. The first-order valence-corrected chi connectivity index (χ1v) is 11.4. The molecular formula is C23H24ClN5O2S. The summed E-state index contributed by atoms with van der Waals surface area (Å²) in [5, 5.41) is 18.1. The smallest absolute Gasteiger partial charge is 0.226 e. The third-order valence-corrected chi connectivity index (χ3v) is 6.14. The summed E-state index contributed by atoms with van der Waals surface area (Å²) in [5.41, 5.74) is 3.11. The number of hydrogen-bond donors (Lipinski definition) is 0. The van der Waals surface area contributed by atoms with Gasteiger partial charge in [0.15, 0.2) is 11.0 Å². The molecule has 0 N–H and O–H groups in total. The molecule has 4 rings (SSSR count). The predicted octanol–water partition coefficient (Wildman–Crippen LogP) is 5.88. The van der Waals surface area contributed by atoms with E-state index in [0.29, 0.717) is 33.5 Å². The zero-order valence-corrected chi connectivity index (χ0v) is 20.2. The van der Waals surface area contributed by atoms with Gasteiger partial charge in [-0.1, -0.05) is 68.4 Å². The number of aryl methyl sites for hydroxylation is 1. The van der Waals surface area contributed by atoms with Gasteiger partial charge in [0.2, 0.25) is 11.8 Å². The van der Waals surface area contributed by atoms with Crippen LogP contribution in [0.25, 0.3) is 17.1 Å². The summed E-state index contributed by atoms with van der Waals surface area (Å²) in [7, 11) is 1.59. The molecule has 32 heavy (non-hydrogen) atoms. The lowest BCUT2D eigenvalue weighted by molar-refractivity contribution is 0.415. The molecule has 0 aliphatic rings. The Labute approximate surface area is 196 Å². The number of methoxy groups -OCH3 is 1. The van der Waals surface area contributed by atoms with Crippen molar-refractivity contribution in [2.24, 2.45) is 0 Å². The Hall–Kier alpha value is -2.84. The van der Waals surface area contributed by atoms with E-state index in [9.17, 15) is 0 Å². The lowest BCUT2D eigenvalue weighted by Crippen LogP contribution is -2.10. The van der Waals surface area contributed by atoms with E-state index in [1.54, 1.807) is 14.0 Å². The Morgan fingerprint density at radius 1 is 1.03 bits per heavy atom. The maximum Gasteiger partial charge on any atom is 0.226 e. The molecule has 0 amide bonds. The number of aromatic nitrogens is 5. The molecule has 0 saturated heterocycles. The quantitative estimate of drug-likeness (QED) is 0.326. The molecule has 0 radical (unpaired) electrons. The van der Waals surface area contributed by atoms with Crippen molar-refractivity contribution in [3.05, 3.63) is 64.8 Å². The number of halogens is 1. The van der Waals surface area contributed by atoms with Crippen LogP contribution in [0.4, 0.5) is 0 Å². The first-order chi connectivity index (χ1) is 15.3. The van der Waals surface area contributed by atoms with E-state index in [2.05, 4.69) is 65.4 Å². The fraction of sp³-hybridized carbons (Fsp3) is 0.304. The molecule has 0 bridgehead atoms. The number of thioether (sulfide) groups is 1. The highest BCUT2D eigenvalue weighted by molar-refractivity contribution is 7.98. The summed E-state index contributed by atoms with van der Waals surface area (Å²) in [6.45, 7) is 8.34. The molecule has 0 spiro atoms. The average Bonchev–Trinajstić information content (AvgIpc) is 3.37. The zero-order valence-electron chi connectivity index (χ0n) is 18.6. The number of hydrogen-bond acceptors (Lipinski definition) is 7. The molecule has 0 unspecified atom stereocenters. The van der Waals surface area contributed by atoms with Crippen LogP contribution in [0.15, 0.2) is 52.0 Å². The van der Waals surface area contributed by atoms with Gasteiger partial charge < -0.3 is 9.15 Å². The van der Waals surface area contributed by atoms with Gasteiger partial charge in [-0.3, -0.25) is 4.57 Å². The van der Waals surface area contributed by atoms with Gasteiger partial charge in [0.1, 0.15) is 5.75 Å². The van der Waals surface area contributed by atoms with Crippen LogP contribution in [-0.4, -0.2) is 32.1 Å². The van der Waals surface area contributed by atoms with Crippen LogP contribution in [-0.2, 0) is 11.2 Å². The van der Waals surface area contributed by atoms with Crippen molar-refractivity contribution < 1.29 is 9.15 Å². The molecule has 0 fully saturated rings. The Morgan fingerprint density at radius 3 is 2.38 bits per heavy atom. The highest BCUT2D eigenvalue weighted by Gasteiger charge is 2.20. The van der Waals surface area contributed by atoms with Gasteiger partial charge in [-0.25, -0.2) is 0 Å². The van der Waals surface area contributed by atoms with Gasteiger partial charge >= 0.3 is 0 Å². The summed E-state index contributed by atoms with van der Waals surface area (Å²) in [5.74, 6) is 2.87. The van der Waals surface area contributed by atoms with Crippen LogP contribution in [0.2, 0.25) is 5.02 Å². The van der Waals surface area contributed by atoms with Crippen LogP contribution < -0.4 is 4.74 Å². The molecule has 2 heterocycles. The fourth-order valence-electron chi connectivity index (χ4n) is 3.22.